The van der Waals surface area contributed by atoms with E-state index < -0.39 is 0 Å². The molecule has 0 atom stereocenters. The van der Waals surface area contributed by atoms with Crippen molar-refractivity contribution in [1.29, 1.82) is 0 Å². The highest BCUT2D eigenvalue weighted by Crippen LogP contribution is 2.21. The minimum absolute atomic E-state index is 1.18. The average molecular weight is 366 g/mol. The second-order valence-electron chi connectivity index (χ2n) is 7.28. The predicted octanol–water partition coefficient (Wildman–Crippen LogP) is 5.57. The first-order valence-electron chi connectivity index (χ1n) is 9.55. The number of fused-ring (bicyclic) bond motifs is 1. The molecule has 2 nitrogen and oxygen atoms in total. The Morgan fingerprint density at radius 2 is 1.43 bits per heavy atom. The van der Waals surface area contributed by atoms with Gasteiger partial charge in [0.05, 0.1) is 0 Å². The number of aryl methyl sites for hydroxylation is 1. The maximum atomic E-state index is 2.24. The summed E-state index contributed by atoms with van der Waals surface area (Å²) in [6.07, 6.45) is 4.35. The minimum Gasteiger partial charge on any atom is -0.378 e. The number of rotatable bonds is 4. The van der Waals surface area contributed by atoms with E-state index in [1.807, 2.05) is 6.07 Å². The molecule has 0 radical (unpaired) electrons. The van der Waals surface area contributed by atoms with E-state index in [-0.39, 0.29) is 0 Å². The molecule has 4 rings (SSSR count). The van der Waals surface area contributed by atoms with Gasteiger partial charge in [-0.25, -0.2) is 0 Å². The zero-order valence-electron chi connectivity index (χ0n) is 16.6. The Balaban J connectivity index is 1.60. The Hall–Kier alpha value is -3.39. The van der Waals surface area contributed by atoms with E-state index in [4.69, 9.17) is 0 Å². The molecular weight excluding hydrogens is 340 g/mol. The zero-order valence-corrected chi connectivity index (χ0v) is 16.6. The molecule has 2 heteroatoms. The molecule has 1 aromatic heterocycles. The van der Waals surface area contributed by atoms with Crippen molar-refractivity contribution in [3.05, 3.63) is 96.2 Å². The van der Waals surface area contributed by atoms with Crippen LogP contribution in [0.5, 0.6) is 0 Å². The molecule has 0 aliphatic heterocycles. The Bertz CT molecular complexity index is 1120. The van der Waals surface area contributed by atoms with Crippen molar-refractivity contribution < 1.29 is 4.57 Å². The van der Waals surface area contributed by atoms with Crippen LogP contribution in [-0.4, -0.2) is 14.1 Å². The van der Waals surface area contributed by atoms with E-state index in [9.17, 15) is 0 Å². The normalized spacial score (nSPS) is 11.2. The van der Waals surface area contributed by atoms with E-state index in [2.05, 4.69) is 122 Å². The Labute approximate surface area is 167 Å². The maximum absolute atomic E-state index is 2.24. The van der Waals surface area contributed by atoms with Gasteiger partial charge in [-0.1, -0.05) is 54.6 Å². The van der Waals surface area contributed by atoms with Crippen LogP contribution in [0.15, 0.2) is 84.9 Å². The molecule has 0 saturated carbocycles. The molecule has 0 saturated heterocycles. The fraction of sp³-hybridized carbons (Fsp3) is 0.115. The molecule has 0 spiro atoms. The van der Waals surface area contributed by atoms with Crippen LogP contribution in [-0.2, 0) is 7.05 Å². The lowest BCUT2D eigenvalue weighted by molar-refractivity contribution is -0.646. The molecule has 0 N–H and O–H groups in total. The molecule has 0 unspecified atom stereocenters. The number of hydrogen-bond donors (Lipinski definition) is 0. The van der Waals surface area contributed by atoms with E-state index in [0.717, 1.165) is 0 Å². The number of aromatic nitrogens is 1. The highest BCUT2D eigenvalue weighted by atomic mass is 15.1. The smallest absolute Gasteiger partial charge is 0.212 e. The monoisotopic (exact) mass is 365 g/mol. The van der Waals surface area contributed by atoms with Gasteiger partial charge >= 0.3 is 0 Å². The molecule has 138 valence electrons. The van der Waals surface area contributed by atoms with Crippen LogP contribution in [0, 0.1) is 0 Å². The molecule has 0 fully saturated rings. The van der Waals surface area contributed by atoms with Crippen molar-refractivity contribution in [3.8, 4) is 11.1 Å². The molecular formula is C26H25N2+. The molecule has 0 aliphatic carbocycles. The molecule has 28 heavy (non-hydrogen) atoms. The van der Waals surface area contributed by atoms with Crippen LogP contribution in [0.4, 0.5) is 5.69 Å². The zero-order chi connectivity index (χ0) is 19.5. The SMILES string of the molecule is CN(C)c1ccc2c(ccc(/C=C/c3ccc(-c4ccccc4)cc3)[n+]2C)c1. The van der Waals surface area contributed by atoms with E-state index >= 15 is 0 Å². The van der Waals surface area contributed by atoms with Crippen molar-refractivity contribution >= 4 is 28.7 Å². The molecule has 0 amide bonds. The largest absolute Gasteiger partial charge is 0.378 e. The highest BCUT2D eigenvalue weighted by molar-refractivity contribution is 5.81. The van der Waals surface area contributed by atoms with Crippen LogP contribution in [0.1, 0.15) is 11.3 Å². The summed E-state index contributed by atoms with van der Waals surface area (Å²) < 4.78 is 2.24. The van der Waals surface area contributed by atoms with Crippen LogP contribution in [0.25, 0.3) is 34.2 Å². The van der Waals surface area contributed by atoms with Gasteiger partial charge in [-0.05, 0) is 41.0 Å². The number of hydrogen-bond acceptors (Lipinski definition) is 1. The lowest BCUT2D eigenvalue weighted by Gasteiger charge is -2.12. The van der Waals surface area contributed by atoms with Gasteiger partial charge in [0.1, 0.15) is 7.05 Å². The van der Waals surface area contributed by atoms with E-state index in [1.165, 1.54) is 39.0 Å². The van der Waals surface area contributed by atoms with Gasteiger partial charge < -0.3 is 4.90 Å². The minimum atomic E-state index is 1.18. The fourth-order valence-electron chi connectivity index (χ4n) is 3.45. The fourth-order valence-corrected chi connectivity index (χ4v) is 3.45. The van der Waals surface area contributed by atoms with Gasteiger partial charge in [0.2, 0.25) is 11.2 Å². The molecule has 4 aromatic rings. The van der Waals surface area contributed by atoms with Gasteiger partial charge in [-0.3, -0.25) is 0 Å². The molecule has 3 aromatic carbocycles. The first-order valence-corrected chi connectivity index (χ1v) is 9.55. The second-order valence-corrected chi connectivity index (χ2v) is 7.28. The first kappa shape index (κ1) is 18.0. The molecule has 0 bridgehead atoms. The van der Waals surface area contributed by atoms with Crippen LogP contribution >= 0.6 is 0 Å². The lowest BCUT2D eigenvalue weighted by atomic mass is 10.0. The number of nitrogens with zero attached hydrogens (tertiary/aromatic N) is 2. The van der Waals surface area contributed by atoms with Crippen molar-refractivity contribution in [2.75, 3.05) is 19.0 Å². The summed E-state index contributed by atoms with van der Waals surface area (Å²) in [5.41, 5.74) is 7.31. The summed E-state index contributed by atoms with van der Waals surface area (Å²) in [4.78, 5) is 2.13. The maximum Gasteiger partial charge on any atom is 0.212 e. The molecule has 1 heterocycles. The predicted molar refractivity (Wildman–Crippen MR) is 120 cm³/mol. The topological polar surface area (TPSA) is 7.12 Å². The summed E-state index contributed by atoms with van der Waals surface area (Å²) in [6.45, 7) is 0. The van der Waals surface area contributed by atoms with E-state index in [1.54, 1.807) is 0 Å². The molecule has 0 aliphatic rings. The average Bonchev–Trinajstić information content (AvgIpc) is 2.74. The number of benzene rings is 3. The van der Waals surface area contributed by atoms with Crippen LogP contribution in [0.3, 0.4) is 0 Å². The second kappa shape index (κ2) is 7.69. The lowest BCUT2D eigenvalue weighted by Crippen LogP contribution is -2.32. The third kappa shape index (κ3) is 3.67. The summed E-state index contributed by atoms with van der Waals surface area (Å²) in [6, 6.07) is 30.1. The standard InChI is InChI=1S/C26H25N2/c1-27(2)25-17-18-26-23(19-25)14-16-24(28(26)3)15-11-20-9-12-22(13-10-20)21-7-5-4-6-8-21/h4-19H,1-3H3/q+1/b15-11+. The Morgan fingerprint density at radius 3 is 2.14 bits per heavy atom. The van der Waals surface area contributed by atoms with E-state index in [0.29, 0.717) is 0 Å². The van der Waals surface area contributed by atoms with Crippen molar-refractivity contribution in [2.45, 2.75) is 0 Å². The Morgan fingerprint density at radius 1 is 0.714 bits per heavy atom. The Kier molecular flexibility index (Phi) is 4.94. The van der Waals surface area contributed by atoms with Crippen molar-refractivity contribution in [3.63, 3.8) is 0 Å². The van der Waals surface area contributed by atoms with Gasteiger partial charge in [-0.15, -0.1) is 0 Å². The summed E-state index contributed by atoms with van der Waals surface area (Å²) >= 11 is 0. The number of anilines is 1. The van der Waals surface area contributed by atoms with Gasteiger partial charge in [-0.2, -0.15) is 4.57 Å². The van der Waals surface area contributed by atoms with Gasteiger partial charge in [0.15, 0.2) is 0 Å². The third-order valence-corrected chi connectivity index (χ3v) is 5.17. The summed E-state index contributed by atoms with van der Waals surface area (Å²) in [5, 5.41) is 1.25. The first-order chi connectivity index (χ1) is 13.6. The number of pyridine rings is 1. The van der Waals surface area contributed by atoms with Crippen molar-refractivity contribution in [2.24, 2.45) is 7.05 Å². The van der Waals surface area contributed by atoms with Gasteiger partial charge in [0, 0.05) is 43.4 Å². The third-order valence-electron chi connectivity index (χ3n) is 5.17. The van der Waals surface area contributed by atoms with Gasteiger partial charge in [0.25, 0.3) is 0 Å². The van der Waals surface area contributed by atoms with Crippen molar-refractivity contribution in [1.82, 2.24) is 0 Å². The highest BCUT2D eigenvalue weighted by Gasteiger charge is 2.10. The summed E-state index contributed by atoms with van der Waals surface area (Å²) in [7, 11) is 6.26. The quantitative estimate of drug-likeness (QED) is 0.429. The van der Waals surface area contributed by atoms with Crippen LogP contribution in [0.2, 0.25) is 0 Å². The van der Waals surface area contributed by atoms with Crippen LogP contribution < -0.4 is 9.47 Å². The summed E-state index contributed by atoms with van der Waals surface area (Å²) in [5.74, 6) is 0.